The van der Waals surface area contributed by atoms with Crippen LogP contribution >= 0.6 is 0 Å². The number of benzene rings is 1. The van der Waals surface area contributed by atoms with Crippen molar-refractivity contribution in [3.8, 4) is 11.5 Å². The number of sulfonamides is 1. The average Bonchev–Trinajstić information content (AvgIpc) is 2.74. The predicted molar refractivity (Wildman–Crippen MR) is 59.0 cm³/mol. The molecule has 0 radical (unpaired) electrons. The van der Waals surface area contributed by atoms with Crippen LogP contribution in [-0.2, 0) is 10.0 Å². The van der Waals surface area contributed by atoms with Gasteiger partial charge in [-0.2, -0.15) is 0 Å². The molecule has 1 heterocycles. The molecule has 0 aromatic heterocycles. The molecule has 0 fully saturated rings. The Hall–Kier alpha value is -1.27. The minimum Gasteiger partial charge on any atom is -0.454 e. The molecule has 0 amide bonds. The van der Waals surface area contributed by atoms with E-state index in [1.165, 1.54) is 7.05 Å². The first-order valence-corrected chi connectivity index (χ1v) is 6.41. The van der Waals surface area contributed by atoms with E-state index in [1.54, 1.807) is 25.1 Å². The fourth-order valence-corrected chi connectivity index (χ4v) is 2.38. The third-order valence-electron chi connectivity index (χ3n) is 2.62. The Bertz CT molecular complexity index is 498. The second kappa shape index (κ2) is 3.95. The van der Waals surface area contributed by atoms with E-state index in [2.05, 4.69) is 4.72 Å². The summed E-state index contributed by atoms with van der Waals surface area (Å²) in [5.41, 5.74) is 0.679. The molecule has 0 saturated carbocycles. The summed E-state index contributed by atoms with van der Waals surface area (Å²) >= 11 is 0. The van der Waals surface area contributed by atoms with E-state index < -0.39 is 15.3 Å². The molecule has 0 saturated heterocycles. The first-order valence-electron chi connectivity index (χ1n) is 4.86. The van der Waals surface area contributed by atoms with E-state index >= 15 is 0 Å². The molecule has 0 bridgehead atoms. The Morgan fingerprint density at radius 1 is 1.31 bits per heavy atom. The molecule has 0 aliphatic carbocycles. The van der Waals surface area contributed by atoms with Gasteiger partial charge in [-0.3, -0.25) is 0 Å². The third kappa shape index (κ3) is 1.85. The number of ether oxygens (including phenoxy) is 2. The molecule has 0 spiro atoms. The maximum absolute atomic E-state index is 11.6. The maximum atomic E-state index is 11.6. The number of fused-ring (bicyclic) bond motifs is 1. The predicted octanol–water partition coefficient (Wildman–Crippen LogP) is 1.03. The van der Waals surface area contributed by atoms with Crippen LogP contribution in [0.5, 0.6) is 11.5 Å². The first kappa shape index (κ1) is 11.2. The second-order valence-corrected chi connectivity index (χ2v) is 5.71. The van der Waals surface area contributed by atoms with Crippen molar-refractivity contribution in [2.45, 2.75) is 12.2 Å². The molecule has 1 aliphatic heterocycles. The topological polar surface area (TPSA) is 64.6 Å². The minimum absolute atomic E-state index is 0.186. The van der Waals surface area contributed by atoms with Gasteiger partial charge in [-0.1, -0.05) is 6.07 Å². The van der Waals surface area contributed by atoms with Gasteiger partial charge < -0.3 is 9.47 Å². The summed E-state index contributed by atoms with van der Waals surface area (Å²) < 4.78 is 35.9. The van der Waals surface area contributed by atoms with Gasteiger partial charge in [-0.15, -0.1) is 0 Å². The van der Waals surface area contributed by atoms with Gasteiger partial charge in [-0.05, 0) is 31.7 Å². The lowest BCUT2D eigenvalue weighted by Crippen LogP contribution is -2.23. The highest BCUT2D eigenvalue weighted by atomic mass is 32.2. The smallest absolute Gasteiger partial charge is 0.231 e. The lowest BCUT2D eigenvalue weighted by atomic mass is 10.1. The quantitative estimate of drug-likeness (QED) is 0.861. The summed E-state index contributed by atoms with van der Waals surface area (Å²) in [6.07, 6.45) is 0. The van der Waals surface area contributed by atoms with Gasteiger partial charge in [0, 0.05) is 0 Å². The summed E-state index contributed by atoms with van der Waals surface area (Å²) in [5.74, 6) is 1.24. The van der Waals surface area contributed by atoms with Crippen LogP contribution in [0.2, 0.25) is 0 Å². The van der Waals surface area contributed by atoms with Gasteiger partial charge in [-0.25, -0.2) is 13.1 Å². The highest BCUT2D eigenvalue weighted by Crippen LogP contribution is 2.35. The van der Waals surface area contributed by atoms with Crippen LogP contribution < -0.4 is 14.2 Å². The van der Waals surface area contributed by atoms with Gasteiger partial charge >= 0.3 is 0 Å². The molecule has 1 unspecified atom stereocenters. The van der Waals surface area contributed by atoms with Crippen molar-refractivity contribution in [3.63, 3.8) is 0 Å². The summed E-state index contributed by atoms with van der Waals surface area (Å²) in [4.78, 5) is 0. The number of rotatable bonds is 3. The van der Waals surface area contributed by atoms with Crippen LogP contribution in [0.25, 0.3) is 0 Å². The zero-order valence-corrected chi connectivity index (χ0v) is 9.87. The Balaban J connectivity index is 2.35. The molecule has 1 N–H and O–H groups in total. The molecule has 1 aliphatic rings. The molecule has 88 valence electrons. The van der Waals surface area contributed by atoms with Gasteiger partial charge in [0.25, 0.3) is 0 Å². The van der Waals surface area contributed by atoms with Gasteiger partial charge in [0.1, 0.15) is 0 Å². The molecule has 1 atom stereocenters. The molecule has 2 rings (SSSR count). The highest BCUT2D eigenvalue weighted by molar-refractivity contribution is 7.89. The fraction of sp³-hybridized carbons (Fsp3) is 0.400. The van der Waals surface area contributed by atoms with E-state index in [9.17, 15) is 8.42 Å². The van der Waals surface area contributed by atoms with E-state index in [1.807, 2.05) is 0 Å². The van der Waals surface area contributed by atoms with Crippen molar-refractivity contribution < 1.29 is 17.9 Å². The maximum Gasteiger partial charge on any atom is 0.231 e. The van der Waals surface area contributed by atoms with Crippen molar-refractivity contribution in [2.24, 2.45) is 0 Å². The van der Waals surface area contributed by atoms with E-state index in [-0.39, 0.29) is 6.79 Å². The van der Waals surface area contributed by atoms with E-state index in [0.717, 1.165) is 0 Å². The van der Waals surface area contributed by atoms with Crippen molar-refractivity contribution in [3.05, 3.63) is 23.8 Å². The van der Waals surface area contributed by atoms with Crippen molar-refractivity contribution in [1.82, 2.24) is 4.72 Å². The molecule has 1 aromatic carbocycles. The SMILES string of the molecule is CNS(=O)(=O)C(C)c1ccc2c(c1)OCO2. The Labute approximate surface area is 94.4 Å². The van der Waals surface area contributed by atoms with Gasteiger partial charge in [0.05, 0.1) is 5.25 Å². The van der Waals surface area contributed by atoms with Crippen LogP contribution in [0.3, 0.4) is 0 Å². The van der Waals surface area contributed by atoms with Gasteiger partial charge in [0.15, 0.2) is 11.5 Å². The standard InChI is InChI=1S/C10H13NO4S/c1-7(16(12,13)11-2)8-3-4-9-10(5-8)15-6-14-9/h3-5,7,11H,6H2,1-2H3. The molecule has 5 nitrogen and oxygen atoms in total. The minimum atomic E-state index is -3.32. The molecule has 1 aromatic rings. The molecule has 6 heteroatoms. The lowest BCUT2D eigenvalue weighted by Gasteiger charge is -2.12. The van der Waals surface area contributed by atoms with Crippen molar-refractivity contribution in [2.75, 3.05) is 13.8 Å². The zero-order chi connectivity index (χ0) is 11.8. The number of hydrogen-bond acceptors (Lipinski definition) is 4. The first-order chi connectivity index (χ1) is 7.54. The lowest BCUT2D eigenvalue weighted by molar-refractivity contribution is 0.174. The van der Waals surface area contributed by atoms with Crippen LogP contribution in [0, 0.1) is 0 Å². The summed E-state index contributed by atoms with van der Waals surface area (Å²) in [6, 6.07) is 5.15. The Kier molecular flexibility index (Phi) is 2.77. The van der Waals surface area contributed by atoms with Crippen molar-refractivity contribution >= 4 is 10.0 Å². The third-order valence-corrected chi connectivity index (χ3v) is 4.39. The molecule has 16 heavy (non-hydrogen) atoms. The highest BCUT2D eigenvalue weighted by Gasteiger charge is 2.23. The summed E-state index contributed by atoms with van der Waals surface area (Å²) in [6.45, 7) is 1.81. The van der Waals surface area contributed by atoms with E-state index in [4.69, 9.17) is 9.47 Å². The van der Waals surface area contributed by atoms with Crippen molar-refractivity contribution in [1.29, 1.82) is 0 Å². The number of nitrogens with one attached hydrogen (secondary N) is 1. The largest absolute Gasteiger partial charge is 0.454 e. The number of hydrogen-bond donors (Lipinski definition) is 1. The van der Waals surface area contributed by atoms with Crippen LogP contribution in [0.1, 0.15) is 17.7 Å². The molecular weight excluding hydrogens is 230 g/mol. The second-order valence-electron chi connectivity index (χ2n) is 3.50. The van der Waals surface area contributed by atoms with Crippen LogP contribution in [-0.4, -0.2) is 22.3 Å². The summed E-state index contributed by atoms with van der Waals surface area (Å²) in [5, 5.41) is -0.619. The Morgan fingerprint density at radius 3 is 2.69 bits per heavy atom. The summed E-state index contributed by atoms with van der Waals surface area (Å²) in [7, 11) is -1.91. The van der Waals surface area contributed by atoms with Gasteiger partial charge in [0.2, 0.25) is 16.8 Å². The van der Waals surface area contributed by atoms with Crippen LogP contribution in [0.4, 0.5) is 0 Å². The van der Waals surface area contributed by atoms with Crippen LogP contribution in [0.15, 0.2) is 18.2 Å². The zero-order valence-electron chi connectivity index (χ0n) is 9.06. The molecular formula is C10H13NO4S. The Morgan fingerprint density at radius 2 is 2.00 bits per heavy atom. The monoisotopic (exact) mass is 243 g/mol. The van der Waals surface area contributed by atoms with E-state index in [0.29, 0.717) is 17.1 Å². The normalized spacial score (nSPS) is 16.1. The fourth-order valence-electron chi connectivity index (χ4n) is 1.52. The average molecular weight is 243 g/mol.